The summed E-state index contributed by atoms with van der Waals surface area (Å²) < 4.78 is 0. The van der Waals surface area contributed by atoms with Crippen molar-refractivity contribution in [3.05, 3.63) is 45.3 Å². The normalized spacial score (nSPS) is 9.40. The SMILES string of the molecule is [N-]=[N+]=NCCNC(=O)CCc1ccc(C=O)c(C=O)c1. The number of amides is 1. The van der Waals surface area contributed by atoms with Crippen molar-refractivity contribution in [2.24, 2.45) is 5.11 Å². The van der Waals surface area contributed by atoms with E-state index in [-0.39, 0.29) is 18.9 Å². The Morgan fingerprint density at radius 3 is 2.70 bits per heavy atom. The van der Waals surface area contributed by atoms with Gasteiger partial charge in [0.25, 0.3) is 0 Å². The molecule has 104 valence electrons. The van der Waals surface area contributed by atoms with Gasteiger partial charge in [-0.15, -0.1) is 0 Å². The molecule has 1 aromatic carbocycles. The molecule has 0 aliphatic heterocycles. The highest BCUT2D eigenvalue weighted by molar-refractivity contribution is 5.90. The van der Waals surface area contributed by atoms with E-state index in [0.717, 1.165) is 5.56 Å². The summed E-state index contributed by atoms with van der Waals surface area (Å²) >= 11 is 0. The molecule has 0 unspecified atom stereocenters. The van der Waals surface area contributed by atoms with Gasteiger partial charge in [0.15, 0.2) is 12.6 Å². The Hall–Kier alpha value is -2.66. The van der Waals surface area contributed by atoms with Crippen molar-refractivity contribution in [2.45, 2.75) is 12.8 Å². The van der Waals surface area contributed by atoms with Crippen LogP contribution in [0.4, 0.5) is 0 Å². The molecule has 1 rings (SSSR count). The van der Waals surface area contributed by atoms with Crippen molar-refractivity contribution in [1.82, 2.24) is 5.32 Å². The van der Waals surface area contributed by atoms with Crippen molar-refractivity contribution in [1.29, 1.82) is 0 Å². The summed E-state index contributed by atoms with van der Waals surface area (Å²) in [6.07, 6.45) is 1.96. The molecular weight excluding hydrogens is 260 g/mol. The van der Waals surface area contributed by atoms with E-state index in [0.29, 0.717) is 36.7 Å². The molecule has 0 heterocycles. The van der Waals surface area contributed by atoms with Gasteiger partial charge in [0.2, 0.25) is 5.91 Å². The van der Waals surface area contributed by atoms with Gasteiger partial charge in [0.1, 0.15) is 0 Å². The number of aryl methyl sites for hydroxylation is 1. The molecule has 1 N–H and O–H groups in total. The predicted molar refractivity (Wildman–Crippen MR) is 72.6 cm³/mol. The van der Waals surface area contributed by atoms with Gasteiger partial charge in [-0.25, -0.2) is 0 Å². The fourth-order valence-corrected chi connectivity index (χ4v) is 1.63. The average Bonchev–Trinajstić information content (AvgIpc) is 2.49. The second-order valence-corrected chi connectivity index (χ2v) is 4.00. The van der Waals surface area contributed by atoms with Gasteiger partial charge in [-0.3, -0.25) is 14.4 Å². The molecule has 1 aromatic rings. The van der Waals surface area contributed by atoms with Crippen molar-refractivity contribution < 1.29 is 14.4 Å². The van der Waals surface area contributed by atoms with E-state index < -0.39 is 0 Å². The number of azide groups is 1. The number of carbonyl (C=O) groups excluding carboxylic acids is 3. The van der Waals surface area contributed by atoms with E-state index in [1.807, 2.05) is 0 Å². The van der Waals surface area contributed by atoms with E-state index in [1.54, 1.807) is 18.2 Å². The Morgan fingerprint density at radius 1 is 1.30 bits per heavy atom. The molecule has 0 aromatic heterocycles. The molecule has 0 aliphatic carbocycles. The van der Waals surface area contributed by atoms with Gasteiger partial charge in [0, 0.05) is 35.5 Å². The van der Waals surface area contributed by atoms with E-state index in [9.17, 15) is 14.4 Å². The van der Waals surface area contributed by atoms with E-state index in [2.05, 4.69) is 15.3 Å². The number of hydrogen-bond donors (Lipinski definition) is 1. The van der Waals surface area contributed by atoms with Crippen LogP contribution >= 0.6 is 0 Å². The van der Waals surface area contributed by atoms with Crippen LogP contribution in [0.15, 0.2) is 23.3 Å². The number of rotatable bonds is 8. The van der Waals surface area contributed by atoms with Crippen LogP contribution in [0.25, 0.3) is 10.4 Å². The predicted octanol–water partition coefficient (Wildman–Crippen LogP) is 1.67. The molecule has 0 aliphatic rings. The Morgan fingerprint density at radius 2 is 2.05 bits per heavy atom. The Bertz CT molecular complexity index is 551. The maximum atomic E-state index is 11.5. The van der Waals surface area contributed by atoms with Gasteiger partial charge in [0.05, 0.1) is 0 Å². The summed E-state index contributed by atoms with van der Waals surface area (Å²) in [5.41, 5.74) is 9.53. The molecule has 7 heteroatoms. The zero-order chi connectivity index (χ0) is 14.8. The summed E-state index contributed by atoms with van der Waals surface area (Å²) in [5.74, 6) is -0.162. The Labute approximate surface area is 115 Å². The van der Waals surface area contributed by atoms with Crippen LogP contribution in [-0.4, -0.2) is 31.6 Å². The third kappa shape index (κ3) is 4.91. The van der Waals surface area contributed by atoms with Crippen LogP contribution < -0.4 is 5.32 Å². The fourth-order valence-electron chi connectivity index (χ4n) is 1.63. The molecule has 7 nitrogen and oxygen atoms in total. The van der Waals surface area contributed by atoms with Crippen LogP contribution in [0.5, 0.6) is 0 Å². The third-order valence-electron chi connectivity index (χ3n) is 2.64. The smallest absolute Gasteiger partial charge is 0.220 e. The van der Waals surface area contributed by atoms with E-state index >= 15 is 0 Å². The quantitative estimate of drug-likeness (QED) is 0.256. The van der Waals surface area contributed by atoms with Gasteiger partial charge in [-0.1, -0.05) is 17.2 Å². The Balaban J connectivity index is 2.49. The Kier molecular flexibility index (Phi) is 6.50. The molecular formula is C13H14N4O3. The van der Waals surface area contributed by atoms with Crippen LogP contribution in [0.2, 0.25) is 0 Å². The second kappa shape index (κ2) is 8.44. The van der Waals surface area contributed by atoms with Crippen molar-refractivity contribution in [3.8, 4) is 0 Å². The van der Waals surface area contributed by atoms with E-state index in [4.69, 9.17) is 5.53 Å². The molecule has 20 heavy (non-hydrogen) atoms. The minimum absolute atomic E-state index is 0.162. The highest BCUT2D eigenvalue weighted by atomic mass is 16.1. The molecule has 0 saturated carbocycles. The molecule has 0 fully saturated rings. The first-order valence-electron chi connectivity index (χ1n) is 6.02. The minimum atomic E-state index is -0.162. The minimum Gasteiger partial charge on any atom is -0.356 e. The maximum absolute atomic E-state index is 11.5. The third-order valence-corrected chi connectivity index (χ3v) is 2.64. The monoisotopic (exact) mass is 274 g/mol. The molecule has 0 bridgehead atoms. The first-order valence-corrected chi connectivity index (χ1v) is 6.02. The molecule has 0 saturated heterocycles. The molecule has 0 spiro atoms. The average molecular weight is 274 g/mol. The first-order chi connectivity index (χ1) is 9.71. The number of benzene rings is 1. The number of carbonyl (C=O) groups is 3. The van der Waals surface area contributed by atoms with E-state index in [1.165, 1.54) is 0 Å². The molecule has 0 atom stereocenters. The molecule has 0 radical (unpaired) electrons. The number of nitrogens with one attached hydrogen (secondary N) is 1. The van der Waals surface area contributed by atoms with Crippen molar-refractivity contribution in [3.63, 3.8) is 0 Å². The zero-order valence-corrected chi connectivity index (χ0v) is 10.8. The highest BCUT2D eigenvalue weighted by Gasteiger charge is 2.05. The number of aldehydes is 2. The molecule has 1 amide bonds. The van der Waals surface area contributed by atoms with Gasteiger partial charge in [-0.05, 0) is 23.6 Å². The van der Waals surface area contributed by atoms with Gasteiger partial charge in [-0.2, -0.15) is 0 Å². The lowest BCUT2D eigenvalue weighted by Crippen LogP contribution is -2.26. The van der Waals surface area contributed by atoms with Crippen LogP contribution in [0.1, 0.15) is 32.7 Å². The zero-order valence-electron chi connectivity index (χ0n) is 10.8. The van der Waals surface area contributed by atoms with Crippen LogP contribution in [-0.2, 0) is 11.2 Å². The maximum Gasteiger partial charge on any atom is 0.220 e. The topological polar surface area (TPSA) is 112 Å². The summed E-state index contributed by atoms with van der Waals surface area (Å²) in [7, 11) is 0. The second-order valence-electron chi connectivity index (χ2n) is 4.00. The summed E-state index contributed by atoms with van der Waals surface area (Å²) in [4.78, 5) is 35.5. The van der Waals surface area contributed by atoms with Crippen LogP contribution in [0.3, 0.4) is 0 Å². The largest absolute Gasteiger partial charge is 0.356 e. The van der Waals surface area contributed by atoms with Crippen molar-refractivity contribution >= 4 is 18.5 Å². The number of nitrogens with zero attached hydrogens (tertiary/aromatic N) is 3. The lowest BCUT2D eigenvalue weighted by Gasteiger charge is -2.05. The number of hydrogen-bond acceptors (Lipinski definition) is 4. The first kappa shape index (κ1) is 15.4. The van der Waals surface area contributed by atoms with Crippen LogP contribution in [0, 0.1) is 0 Å². The summed E-state index contributed by atoms with van der Waals surface area (Å²) in [6, 6.07) is 4.87. The fraction of sp³-hybridized carbons (Fsp3) is 0.308. The summed E-state index contributed by atoms with van der Waals surface area (Å²) in [5, 5.41) is 5.91. The summed E-state index contributed by atoms with van der Waals surface area (Å²) in [6.45, 7) is 0.512. The lowest BCUT2D eigenvalue weighted by molar-refractivity contribution is -0.120. The van der Waals surface area contributed by atoms with Crippen molar-refractivity contribution in [2.75, 3.05) is 13.1 Å². The standard InChI is InChI=1S/C13H14N4O3/c14-17-16-6-5-15-13(20)4-2-10-1-3-11(8-18)12(7-10)9-19/h1,3,7-9H,2,4-6H2,(H,15,20). The lowest BCUT2D eigenvalue weighted by atomic mass is 10.0. The highest BCUT2D eigenvalue weighted by Crippen LogP contribution is 2.10. The van der Waals surface area contributed by atoms with Gasteiger partial charge >= 0.3 is 0 Å². The van der Waals surface area contributed by atoms with Gasteiger partial charge < -0.3 is 5.32 Å².